The number of nitro groups is 1. The van der Waals surface area contributed by atoms with Gasteiger partial charge < -0.3 is 4.90 Å². The van der Waals surface area contributed by atoms with Crippen LogP contribution in [0.15, 0.2) is 6.20 Å². The summed E-state index contributed by atoms with van der Waals surface area (Å²) in [6.45, 7) is 3.96. The number of rotatable bonds is 2. The van der Waals surface area contributed by atoms with Crippen molar-refractivity contribution in [2.24, 2.45) is 7.05 Å². The zero-order valence-corrected chi connectivity index (χ0v) is 11.4. The molecular weight excluding hydrogens is 248 g/mol. The summed E-state index contributed by atoms with van der Waals surface area (Å²) in [5.74, 6) is -0.300. The van der Waals surface area contributed by atoms with Gasteiger partial charge in [0.05, 0.1) is 4.92 Å². The number of aromatic nitrogens is 2. The van der Waals surface area contributed by atoms with E-state index >= 15 is 0 Å². The van der Waals surface area contributed by atoms with Gasteiger partial charge in [-0.05, 0) is 33.1 Å². The molecule has 1 aromatic heterocycles. The van der Waals surface area contributed by atoms with Crippen LogP contribution in [0.25, 0.3) is 0 Å². The van der Waals surface area contributed by atoms with E-state index in [0.717, 1.165) is 25.5 Å². The van der Waals surface area contributed by atoms with E-state index in [1.165, 1.54) is 4.68 Å². The molecule has 1 saturated heterocycles. The lowest BCUT2D eigenvalue weighted by atomic mass is 9.97. The minimum absolute atomic E-state index is 0.0607. The lowest BCUT2D eigenvalue weighted by molar-refractivity contribution is -0.385. The molecule has 2 heterocycles. The van der Waals surface area contributed by atoms with E-state index in [1.807, 2.05) is 13.8 Å². The number of likely N-dealkylation sites (tertiary alicyclic amines) is 1. The van der Waals surface area contributed by atoms with Crippen LogP contribution in [0, 0.1) is 10.1 Å². The third-order valence-electron chi connectivity index (χ3n) is 3.75. The van der Waals surface area contributed by atoms with Crippen LogP contribution in [0.1, 0.15) is 43.6 Å². The normalized spacial score (nSPS) is 23.4. The quantitative estimate of drug-likeness (QED) is 0.603. The number of hydrogen-bond acceptors (Lipinski definition) is 4. The molecule has 7 nitrogen and oxygen atoms in total. The second kappa shape index (κ2) is 4.99. The van der Waals surface area contributed by atoms with E-state index in [0.29, 0.717) is 0 Å². The summed E-state index contributed by atoms with van der Waals surface area (Å²) in [5.41, 5.74) is -0.164. The van der Waals surface area contributed by atoms with E-state index in [9.17, 15) is 14.9 Å². The van der Waals surface area contributed by atoms with Gasteiger partial charge in [-0.2, -0.15) is 5.10 Å². The van der Waals surface area contributed by atoms with Crippen LogP contribution in [0.5, 0.6) is 0 Å². The Morgan fingerprint density at radius 3 is 2.53 bits per heavy atom. The second-order valence-corrected chi connectivity index (χ2v) is 5.10. The molecule has 0 saturated carbocycles. The average Bonchev–Trinajstić information content (AvgIpc) is 2.70. The van der Waals surface area contributed by atoms with E-state index in [2.05, 4.69) is 5.10 Å². The van der Waals surface area contributed by atoms with Crippen molar-refractivity contribution >= 4 is 11.6 Å². The summed E-state index contributed by atoms with van der Waals surface area (Å²) < 4.78 is 1.29. The Balaban J connectivity index is 2.38. The number of nitrogens with zero attached hydrogens (tertiary/aromatic N) is 4. The summed E-state index contributed by atoms with van der Waals surface area (Å²) in [4.78, 5) is 24.7. The van der Waals surface area contributed by atoms with Crippen molar-refractivity contribution in [3.8, 4) is 0 Å². The zero-order valence-electron chi connectivity index (χ0n) is 11.4. The van der Waals surface area contributed by atoms with Crippen molar-refractivity contribution in [3.63, 3.8) is 0 Å². The highest BCUT2D eigenvalue weighted by atomic mass is 16.6. The standard InChI is InChI=1S/C12H18N4O3/c1-8-5-4-6-9(2)15(8)12(17)11-10(16(18)19)7-13-14(11)3/h7-9H,4-6H2,1-3H3/t8-,9-/m1/s1. The maximum atomic E-state index is 12.6. The molecule has 0 aromatic carbocycles. The molecule has 0 unspecified atom stereocenters. The molecule has 1 fully saturated rings. The van der Waals surface area contributed by atoms with Gasteiger partial charge in [-0.1, -0.05) is 0 Å². The summed E-state index contributed by atoms with van der Waals surface area (Å²) in [5, 5.41) is 14.8. The molecule has 2 atom stereocenters. The third kappa shape index (κ3) is 2.32. The number of piperidine rings is 1. The summed E-state index contributed by atoms with van der Waals surface area (Å²) in [6.07, 6.45) is 4.08. The fourth-order valence-corrected chi connectivity index (χ4v) is 2.75. The predicted molar refractivity (Wildman–Crippen MR) is 68.8 cm³/mol. The first-order valence-electron chi connectivity index (χ1n) is 6.42. The van der Waals surface area contributed by atoms with Crippen LogP contribution < -0.4 is 0 Å². The Morgan fingerprint density at radius 1 is 1.42 bits per heavy atom. The van der Waals surface area contributed by atoms with Crippen LogP contribution in [0.2, 0.25) is 0 Å². The molecule has 2 rings (SSSR count). The molecule has 1 aromatic rings. The first-order valence-corrected chi connectivity index (χ1v) is 6.42. The Morgan fingerprint density at radius 2 is 2.00 bits per heavy atom. The number of amides is 1. The van der Waals surface area contributed by atoms with Crippen LogP contribution in [-0.2, 0) is 7.05 Å². The van der Waals surface area contributed by atoms with Gasteiger partial charge in [0.1, 0.15) is 6.20 Å². The Kier molecular flexibility index (Phi) is 3.55. The van der Waals surface area contributed by atoms with Crippen LogP contribution in [-0.4, -0.2) is 37.6 Å². The molecule has 1 amide bonds. The molecule has 104 valence electrons. The predicted octanol–water partition coefficient (Wildman–Crippen LogP) is 1.73. The number of aryl methyl sites for hydroxylation is 1. The van der Waals surface area contributed by atoms with Gasteiger partial charge in [-0.3, -0.25) is 19.6 Å². The average molecular weight is 266 g/mol. The lowest BCUT2D eigenvalue weighted by Gasteiger charge is -2.38. The van der Waals surface area contributed by atoms with Crippen molar-refractivity contribution < 1.29 is 9.72 Å². The van der Waals surface area contributed by atoms with Crippen LogP contribution >= 0.6 is 0 Å². The fourth-order valence-electron chi connectivity index (χ4n) is 2.75. The molecule has 1 aliphatic rings. The van der Waals surface area contributed by atoms with E-state index < -0.39 is 4.92 Å². The second-order valence-electron chi connectivity index (χ2n) is 5.10. The molecule has 0 spiro atoms. The topological polar surface area (TPSA) is 81.3 Å². The first kappa shape index (κ1) is 13.5. The van der Waals surface area contributed by atoms with Gasteiger partial charge in [-0.25, -0.2) is 0 Å². The Labute approximate surface area is 111 Å². The van der Waals surface area contributed by atoms with Crippen molar-refractivity contribution in [2.45, 2.75) is 45.2 Å². The number of carbonyl (C=O) groups excluding carboxylic acids is 1. The van der Waals surface area contributed by atoms with Crippen molar-refractivity contribution in [3.05, 3.63) is 22.0 Å². The molecular formula is C12H18N4O3. The van der Waals surface area contributed by atoms with Crippen molar-refractivity contribution in [1.82, 2.24) is 14.7 Å². The number of hydrogen-bond donors (Lipinski definition) is 0. The zero-order chi connectivity index (χ0) is 14.2. The van der Waals surface area contributed by atoms with Gasteiger partial charge in [0, 0.05) is 19.1 Å². The highest BCUT2D eigenvalue weighted by molar-refractivity contribution is 5.96. The summed E-state index contributed by atoms with van der Waals surface area (Å²) in [6, 6.07) is 0.205. The SMILES string of the molecule is C[C@@H]1CCC[C@@H](C)N1C(=O)c1c([N+](=O)[O-])cnn1C. The van der Waals surface area contributed by atoms with Gasteiger partial charge >= 0.3 is 5.69 Å². The van der Waals surface area contributed by atoms with Crippen molar-refractivity contribution in [1.29, 1.82) is 0 Å². The summed E-state index contributed by atoms with van der Waals surface area (Å²) >= 11 is 0. The van der Waals surface area contributed by atoms with Gasteiger partial charge in [0.25, 0.3) is 5.91 Å². The first-order chi connectivity index (χ1) is 8.93. The molecule has 0 radical (unpaired) electrons. The molecule has 7 heteroatoms. The third-order valence-corrected chi connectivity index (χ3v) is 3.75. The maximum absolute atomic E-state index is 12.6. The smallest absolute Gasteiger partial charge is 0.320 e. The maximum Gasteiger partial charge on any atom is 0.320 e. The molecule has 0 N–H and O–H groups in total. The van der Waals surface area contributed by atoms with Crippen molar-refractivity contribution in [2.75, 3.05) is 0 Å². The minimum atomic E-state index is -0.556. The van der Waals surface area contributed by atoms with E-state index in [4.69, 9.17) is 0 Å². The monoisotopic (exact) mass is 266 g/mol. The highest BCUT2D eigenvalue weighted by Crippen LogP contribution is 2.27. The fraction of sp³-hybridized carbons (Fsp3) is 0.667. The molecule has 1 aliphatic heterocycles. The highest BCUT2D eigenvalue weighted by Gasteiger charge is 2.35. The van der Waals surface area contributed by atoms with E-state index in [-0.39, 0.29) is 29.4 Å². The lowest BCUT2D eigenvalue weighted by Crippen LogP contribution is -2.48. The molecule has 0 bridgehead atoms. The largest absolute Gasteiger partial charge is 0.332 e. The van der Waals surface area contributed by atoms with E-state index in [1.54, 1.807) is 11.9 Å². The Bertz CT molecular complexity index is 501. The van der Waals surface area contributed by atoms with Gasteiger partial charge in [0.15, 0.2) is 0 Å². The minimum Gasteiger partial charge on any atom is -0.332 e. The summed E-state index contributed by atoms with van der Waals surface area (Å²) in [7, 11) is 1.56. The Hall–Kier alpha value is -1.92. The molecule has 0 aliphatic carbocycles. The molecule has 19 heavy (non-hydrogen) atoms. The van der Waals surface area contributed by atoms with Gasteiger partial charge in [-0.15, -0.1) is 0 Å². The van der Waals surface area contributed by atoms with Gasteiger partial charge in [0.2, 0.25) is 5.69 Å². The van der Waals surface area contributed by atoms with Crippen LogP contribution in [0.3, 0.4) is 0 Å². The number of carbonyl (C=O) groups is 1. The van der Waals surface area contributed by atoms with Crippen LogP contribution in [0.4, 0.5) is 5.69 Å².